The zero-order chi connectivity index (χ0) is 5.70. The highest BCUT2D eigenvalue weighted by Crippen LogP contribution is 1.90. The van der Waals surface area contributed by atoms with Crippen molar-refractivity contribution in [3.8, 4) is 0 Å². The molecule has 0 aromatic carbocycles. The molecule has 0 radical (unpaired) electrons. The highest BCUT2D eigenvalue weighted by molar-refractivity contribution is 6.20. The van der Waals surface area contributed by atoms with Crippen LogP contribution in [0.4, 0.5) is 0 Å². The fourth-order valence-corrected chi connectivity index (χ4v) is 0.232. The number of isocyanates is 1. The number of alkyl halides is 1. The van der Waals surface area contributed by atoms with E-state index in [0.29, 0.717) is 6.54 Å². The summed E-state index contributed by atoms with van der Waals surface area (Å²) in [5.74, 6) is 0. The molecule has 2 nitrogen and oxygen atoms in total. The molecule has 0 bridgehead atoms. The van der Waals surface area contributed by atoms with Crippen molar-refractivity contribution >= 4 is 17.7 Å². The van der Waals surface area contributed by atoms with Crippen molar-refractivity contribution in [2.24, 2.45) is 4.99 Å². The van der Waals surface area contributed by atoms with Crippen molar-refractivity contribution in [3.63, 3.8) is 0 Å². The lowest BCUT2D eigenvalue weighted by molar-refractivity contribution is 0.563. The molecule has 0 saturated carbocycles. The Morgan fingerprint density at radius 3 is 2.71 bits per heavy atom. The van der Waals surface area contributed by atoms with E-state index in [2.05, 4.69) is 4.99 Å². The predicted octanol–water partition coefficient (Wildman–Crippen LogP) is 0.950. The third kappa shape index (κ3) is 5.67. The standard InChI is InChI=1S/C4H6ClNO/c1-4(5)2-6-3-7/h4H,2H2,1H3. The molecule has 0 spiro atoms. The van der Waals surface area contributed by atoms with Crippen LogP contribution in [0.25, 0.3) is 0 Å². The van der Waals surface area contributed by atoms with E-state index >= 15 is 0 Å². The lowest BCUT2D eigenvalue weighted by Crippen LogP contribution is -1.93. The summed E-state index contributed by atoms with van der Waals surface area (Å²) in [6.45, 7) is 2.13. The van der Waals surface area contributed by atoms with E-state index in [4.69, 9.17) is 11.6 Å². The fraction of sp³-hybridized carbons (Fsp3) is 0.750. The summed E-state index contributed by atoms with van der Waals surface area (Å²) >= 11 is 5.38. The van der Waals surface area contributed by atoms with E-state index in [1.165, 1.54) is 6.08 Å². The van der Waals surface area contributed by atoms with Crippen LogP contribution in [0.2, 0.25) is 0 Å². The van der Waals surface area contributed by atoms with Gasteiger partial charge in [-0.05, 0) is 6.92 Å². The van der Waals surface area contributed by atoms with Crippen LogP contribution in [0.15, 0.2) is 4.99 Å². The molecular weight excluding hydrogens is 114 g/mol. The average molecular weight is 120 g/mol. The molecule has 0 fully saturated rings. The maximum atomic E-state index is 9.36. The summed E-state index contributed by atoms with van der Waals surface area (Å²) in [5.41, 5.74) is 0. The number of carbonyl (C=O) groups excluding carboxylic acids is 1. The van der Waals surface area contributed by atoms with Crippen LogP contribution in [0.5, 0.6) is 0 Å². The number of halogens is 1. The zero-order valence-electron chi connectivity index (χ0n) is 4.02. The van der Waals surface area contributed by atoms with Gasteiger partial charge in [-0.15, -0.1) is 11.6 Å². The van der Waals surface area contributed by atoms with E-state index < -0.39 is 0 Å². The first-order chi connectivity index (χ1) is 3.27. The number of hydrogen-bond donors (Lipinski definition) is 0. The van der Waals surface area contributed by atoms with Gasteiger partial charge in [0.05, 0.1) is 11.9 Å². The summed E-state index contributed by atoms with van der Waals surface area (Å²) in [5, 5.41) is -0.0542. The van der Waals surface area contributed by atoms with Gasteiger partial charge in [0.15, 0.2) is 0 Å². The fourth-order valence-electron chi connectivity index (χ4n) is 0.163. The molecule has 7 heavy (non-hydrogen) atoms. The molecule has 3 heteroatoms. The van der Waals surface area contributed by atoms with Crippen LogP contribution in [0, 0.1) is 0 Å². The van der Waals surface area contributed by atoms with Gasteiger partial charge in [0.2, 0.25) is 6.08 Å². The first-order valence-corrected chi connectivity index (χ1v) is 2.38. The monoisotopic (exact) mass is 119 g/mol. The summed E-state index contributed by atoms with van der Waals surface area (Å²) in [6.07, 6.45) is 1.39. The Bertz CT molecular complexity index is 85.7. The van der Waals surface area contributed by atoms with Crippen LogP contribution >= 0.6 is 11.6 Å². The molecule has 0 heterocycles. The van der Waals surface area contributed by atoms with E-state index in [1.54, 1.807) is 6.92 Å². The van der Waals surface area contributed by atoms with Crippen molar-refractivity contribution < 1.29 is 4.79 Å². The molecular formula is C4H6ClNO. The van der Waals surface area contributed by atoms with Crippen molar-refractivity contribution in [2.45, 2.75) is 12.3 Å². The highest BCUT2D eigenvalue weighted by Gasteiger charge is 1.88. The van der Waals surface area contributed by atoms with E-state index in [1.807, 2.05) is 0 Å². The molecule has 0 aromatic heterocycles. The quantitative estimate of drug-likeness (QED) is 0.302. The van der Waals surface area contributed by atoms with Gasteiger partial charge in [0, 0.05) is 0 Å². The first kappa shape index (κ1) is 6.67. The number of rotatable bonds is 2. The maximum Gasteiger partial charge on any atom is 0.234 e. The Morgan fingerprint density at radius 1 is 2.00 bits per heavy atom. The van der Waals surface area contributed by atoms with Crippen LogP contribution in [0.3, 0.4) is 0 Å². The smallest absolute Gasteiger partial charge is 0.211 e. The van der Waals surface area contributed by atoms with Crippen LogP contribution in [-0.2, 0) is 4.79 Å². The maximum absolute atomic E-state index is 9.36. The second-order valence-corrected chi connectivity index (χ2v) is 1.96. The van der Waals surface area contributed by atoms with Crippen molar-refractivity contribution in [3.05, 3.63) is 0 Å². The van der Waals surface area contributed by atoms with Gasteiger partial charge < -0.3 is 0 Å². The van der Waals surface area contributed by atoms with Gasteiger partial charge in [-0.1, -0.05) is 0 Å². The van der Waals surface area contributed by atoms with Crippen LogP contribution in [-0.4, -0.2) is 18.0 Å². The molecule has 0 saturated heterocycles. The Kier molecular flexibility index (Phi) is 3.67. The van der Waals surface area contributed by atoms with Gasteiger partial charge in [-0.2, -0.15) is 0 Å². The van der Waals surface area contributed by atoms with E-state index in [-0.39, 0.29) is 5.38 Å². The third-order valence-electron chi connectivity index (χ3n) is 0.407. The lowest BCUT2D eigenvalue weighted by atomic mass is 10.5. The lowest BCUT2D eigenvalue weighted by Gasteiger charge is -1.88. The molecule has 0 rings (SSSR count). The van der Waals surface area contributed by atoms with Gasteiger partial charge in [0.1, 0.15) is 0 Å². The minimum atomic E-state index is -0.0542. The normalized spacial score (nSPS) is 12.3. The molecule has 0 aliphatic heterocycles. The van der Waals surface area contributed by atoms with Crippen LogP contribution in [0.1, 0.15) is 6.92 Å². The summed E-state index contributed by atoms with van der Waals surface area (Å²) in [7, 11) is 0. The minimum Gasteiger partial charge on any atom is -0.211 e. The number of hydrogen-bond acceptors (Lipinski definition) is 2. The second-order valence-electron chi connectivity index (χ2n) is 1.21. The second kappa shape index (κ2) is 3.85. The van der Waals surface area contributed by atoms with Gasteiger partial charge in [-0.25, -0.2) is 9.79 Å². The molecule has 0 amide bonds. The Labute approximate surface area is 47.2 Å². The third-order valence-corrected chi connectivity index (χ3v) is 0.545. The molecule has 1 unspecified atom stereocenters. The minimum absolute atomic E-state index is 0.0542. The molecule has 0 aliphatic rings. The Balaban J connectivity index is 3.13. The molecule has 0 aliphatic carbocycles. The largest absolute Gasteiger partial charge is 0.234 e. The van der Waals surface area contributed by atoms with Crippen molar-refractivity contribution in [1.29, 1.82) is 0 Å². The van der Waals surface area contributed by atoms with Gasteiger partial charge in [-0.3, -0.25) is 0 Å². The van der Waals surface area contributed by atoms with E-state index in [9.17, 15) is 4.79 Å². The van der Waals surface area contributed by atoms with Gasteiger partial charge >= 0.3 is 0 Å². The summed E-state index contributed by atoms with van der Waals surface area (Å²) < 4.78 is 0. The zero-order valence-corrected chi connectivity index (χ0v) is 4.77. The molecule has 0 aromatic rings. The number of aliphatic imine (C=N–C) groups is 1. The van der Waals surface area contributed by atoms with Crippen LogP contribution < -0.4 is 0 Å². The first-order valence-electron chi connectivity index (χ1n) is 1.95. The van der Waals surface area contributed by atoms with Crippen molar-refractivity contribution in [1.82, 2.24) is 0 Å². The van der Waals surface area contributed by atoms with Gasteiger partial charge in [0.25, 0.3) is 0 Å². The molecule has 40 valence electrons. The van der Waals surface area contributed by atoms with E-state index in [0.717, 1.165) is 0 Å². The topological polar surface area (TPSA) is 29.4 Å². The summed E-state index contributed by atoms with van der Waals surface area (Å²) in [6, 6.07) is 0. The number of nitrogens with zero attached hydrogens (tertiary/aromatic N) is 1. The Hall–Kier alpha value is -0.330. The molecule has 1 atom stereocenters. The SMILES string of the molecule is CC(Cl)CN=C=O. The molecule has 0 N–H and O–H groups in total. The summed E-state index contributed by atoms with van der Waals surface area (Å²) in [4.78, 5) is 12.6. The highest BCUT2D eigenvalue weighted by atomic mass is 35.5. The van der Waals surface area contributed by atoms with Crippen molar-refractivity contribution in [2.75, 3.05) is 6.54 Å². The average Bonchev–Trinajstić information content (AvgIpc) is 1.61. The Morgan fingerprint density at radius 2 is 2.57 bits per heavy atom. The predicted molar refractivity (Wildman–Crippen MR) is 28.3 cm³/mol.